The fraction of sp³-hybridized carbons (Fsp3) is 0.556. The molecule has 0 radical (unpaired) electrons. The summed E-state index contributed by atoms with van der Waals surface area (Å²) in [4.78, 5) is 14.6. The van der Waals surface area contributed by atoms with Crippen LogP contribution < -0.4 is 0 Å². The van der Waals surface area contributed by atoms with E-state index in [9.17, 15) is 18.0 Å². The maximum Gasteiger partial charge on any atom is 0.348 e. The van der Waals surface area contributed by atoms with E-state index < -0.39 is 22.3 Å². The first-order valence-electron chi connectivity index (χ1n) is 8.36. The van der Waals surface area contributed by atoms with E-state index in [1.165, 1.54) is 0 Å². The Labute approximate surface area is 170 Å². The van der Waals surface area contributed by atoms with Gasteiger partial charge in [0.15, 0.2) is 0 Å². The van der Waals surface area contributed by atoms with E-state index >= 15 is 0 Å². The number of carbonyl (C=O) groups excluding carboxylic acids is 1. The average Bonchev–Trinajstić information content (AvgIpc) is 2.57. The van der Waals surface area contributed by atoms with Crippen molar-refractivity contribution in [3.8, 4) is 0 Å². The molecule has 0 N–H and O–H groups in total. The van der Waals surface area contributed by atoms with Crippen molar-refractivity contribution in [2.24, 2.45) is 4.99 Å². The lowest BCUT2D eigenvalue weighted by Crippen LogP contribution is -2.33. The first-order valence-corrected chi connectivity index (χ1v) is 9.53. The minimum Gasteiger partial charge on any atom is -0.462 e. The summed E-state index contributed by atoms with van der Waals surface area (Å²) in [5, 5.41) is -3.24. The fourth-order valence-electron chi connectivity index (χ4n) is 2.08. The number of alkyl halides is 5. The maximum atomic E-state index is 13.6. The van der Waals surface area contributed by atoms with Crippen molar-refractivity contribution in [1.82, 2.24) is 4.90 Å². The van der Waals surface area contributed by atoms with Crippen LogP contribution in [0.2, 0.25) is 0 Å². The first-order chi connectivity index (χ1) is 12.4. The number of benzene rings is 1. The van der Waals surface area contributed by atoms with Crippen LogP contribution >= 0.6 is 27.5 Å². The van der Waals surface area contributed by atoms with Crippen LogP contribution in [0.5, 0.6) is 0 Å². The Balaban J connectivity index is 2.71. The summed E-state index contributed by atoms with van der Waals surface area (Å²) in [5.41, 5.74) is 2.53. The van der Waals surface area contributed by atoms with E-state index in [2.05, 4.69) is 4.99 Å². The van der Waals surface area contributed by atoms with Gasteiger partial charge in [0.05, 0.1) is 24.2 Å². The molecule has 0 aliphatic heterocycles. The molecule has 0 aliphatic rings. The number of hydrogen-bond donors (Lipinski definition) is 0. The molecule has 0 bridgehead atoms. The van der Waals surface area contributed by atoms with Gasteiger partial charge in [0, 0.05) is 20.0 Å². The second-order valence-electron chi connectivity index (χ2n) is 6.21. The van der Waals surface area contributed by atoms with Gasteiger partial charge in [-0.2, -0.15) is 8.78 Å². The number of esters is 1. The van der Waals surface area contributed by atoms with Crippen LogP contribution in [0, 0.1) is 13.8 Å². The number of carbonyl (C=O) groups is 1. The molecule has 0 heterocycles. The predicted octanol–water partition coefficient (Wildman–Crippen LogP) is 5.74. The van der Waals surface area contributed by atoms with Crippen molar-refractivity contribution in [3.05, 3.63) is 28.8 Å². The molecular weight excluding hydrogens is 449 g/mol. The van der Waals surface area contributed by atoms with E-state index in [0.717, 1.165) is 17.8 Å². The Kier molecular flexibility index (Phi) is 8.60. The van der Waals surface area contributed by atoms with Crippen LogP contribution in [-0.4, -0.2) is 47.4 Å². The largest absolute Gasteiger partial charge is 0.462 e. The van der Waals surface area contributed by atoms with Crippen molar-refractivity contribution >= 4 is 45.5 Å². The van der Waals surface area contributed by atoms with Crippen LogP contribution in [-0.2, 0) is 4.74 Å². The van der Waals surface area contributed by atoms with Gasteiger partial charge in [-0.3, -0.25) is 0 Å². The van der Waals surface area contributed by atoms with Crippen LogP contribution in [0.3, 0.4) is 0 Å². The Morgan fingerprint density at radius 2 is 1.96 bits per heavy atom. The van der Waals surface area contributed by atoms with Gasteiger partial charge in [-0.15, -0.1) is 0 Å². The van der Waals surface area contributed by atoms with Crippen LogP contribution in [0.25, 0.3) is 0 Å². The number of halogens is 5. The molecule has 1 aromatic rings. The molecule has 1 atom stereocenters. The number of aliphatic imine (C=N–C) groups is 1. The summed E-state index contributed by atoms with van der Waals surface area (Å²) in [6.45, 7) is 6.15. The molecule has 0 saturated carbocycles. The zero-order valence-corrected chi connectivity index (χ0v) is 18.0. The van der Waals surface area contributed by atoms with E-state index in [-0.39, 0.29) is 13.0 Å². The molecule has 9 heteroatoms. The van der Waals surface area contributed by atoms with Gasteiger partial charge in [-0.1, -0.05) is 11.6 Å². The number of ether oxygens (including phenoxy) is 1. The number of aryl methyl sites for hydroxylation is 2. The van der Waals surface area contributed by atoms with Gasteiger partial charge in [0.1, 0.15) is 0 Å². The van der Waals surface area contributed by atoms with Crippen LogP contribution in [0.4, 0.5) is 18.9 Å². The smallest absolute Gasteiger partial charge is 0.348 e. The molecule has 0 fully saturated rings. The topological polar surface area (TPSA) is 41.9 Å². The summed E-state index contributed by atoms with van der Waals surface area (Å²) in [7, 11) is 1.90. The summed E-state index contributed by atoms with van der Waals surface area (Å²) < 4.78 is 44.4. The van der Waals surface area contributed by atoms with Gasteiger partial charge in [-0.25, -0.2) is 14.2 Å². The summed E-state index contributed by atoms with van der Waals surface area (Å²) in [6.07, 6.45) is 0.891. The molecule has 152 valence electrons. The second-order valence-corrected chi connectivity index (χ2v) is 7.81. The first kappa shape index (κ1) is 23.8. The second kappa shape index (κ2) is 9.78. The summed E-state index contributed by atoms with van der Waals surface area (Å²) >= 11 is 7.06. The highest BCUT2D eigenvalue weighted by atomic mass is 79.9. The Hall–Kier alpha value is -1.28. The number of hydrogen-bond acceptors (Lipinski definition) is 3. The molecule has 0 aromatic heterocycles. The molecule has 27 heavy (non-hydrogen) atoms. The quantitative estimate of drug-likeness (QED) is 0.151. The van der Waals surface area contributed by atoms with E-state index in [0.29, 0.717) is 11.1 Å². The fourth-order valence-corrected chi connectivity index (χ4v) is 2.41. The van der Waals surface area contributed by atoms with Crippen molar-refractivity contribution in [2.45, 2.75) is 43.6 Å². The minimum atomic E-state index is -3.86. The average molecular weight is 472 g/mol. The lowest BCUT2D eigenvalue weighted by atomic mass is 10.0. The van der Waals surface area contributed by atoms with Crippen molar-refractivity contribution in [3.63, 3.8) is 0 Å². The van der Waals surface area contributed by atoms with E-state index in [1.807, 2.05) is 41.7 Å². The Morgan fingerprint density at radius 3 is 2.52 bits per heavy atom. The van der Waals surface area contributed by atoms with E-state index in [4.69, 9.17) is 16.3 Å². The minimum absolute atomic E-state index is 0.142. The lowest BCUT2D eigenvalue weighted by molar-refractivity contribution is -0.0135. The van der Waals surface area contributed by atoms with Crippen molar-refractivity contribution < 1.29 is 22.7 Å². The third-order valence-corrected chi connectivity index (χ3v) is 5.22. The predicted molar refractivity (Wildman–Crippen MR) is 105 cm³/mol. The highest BCUT2D eigenvalue weighted by Gasteiger charge is 2.51. The molecule has 0 saturated heterocycles. The van der Waals surface area contributed by atoms with Gasteiger partial charge < -0.3 is 9.64 Å². The molecule has 1 rings (SSSR count). The molecule has 0 spiro atoms. The summed E-state index contributed by atoms with van der Waals surface area (Å²) in [6, 6.07) is 3.42. The number of rotatable bonds is 9. The molecule has 4 nitrogen and oxygen atoms in total. The molecule has 1 unspecified atom stereocenters. The molecule has 0 aliphatic carbocycles. The third-order valence-electron chi connectivity index (χ3n) is 3.94. The highest BCUT2D eigenvalue weighted by molar-refractivity contribution is 9.10. The zero-order chi connectivity index (χ0) is 20.8. The summed E-state index contributed by atoms with van der Waals surface area (Å²) in [5.74, 6) is -0.610. The molecule has 0 amide bonds. The highest BCUT2D eigenvalue weighted by Crippen LogP contribution is 2.44. The van der Waals surface area contributed by atoms with Crippen molar-refractivity contribution in [1.29, 1.82) is 0 Å². The maximum absolute atomic E-state index is 13.6. The van der Waals surface area contributed by atoms with Gasteiger partial charge in [0.2, 0.25) is 0 Å². The molecule has 1 aromatic carbocycles. The SMILES string of the molecule is CCN(C)/C=N/c1cc(C)c(C(=O)OCCCC(F)(Cl)C(F)(F)Br)cc1C. The molecular formula is C18H23BrClF3N2O2. The van der Waals surface area contributed by atoms with Gasteiger partial charge in [-0.05, 0) is 66.4 Å². The normalized spacial score (nSPS) is 14.3. The Morgan fingerprint density at radius 1 is 1.33 bits per heavy atom. The van der Waals surface area contributed by atoms with Crippen LogP contribution in [0.1, 0.15) is 41.3 Å². The van der Waals surface area contributed by atoms with Gasteiger partial charge >= 0.3 is 10.8 Å². The van der Waals surface area contributed by atoms with Crippen LogP contribution in [0.15, 0.2) is 17.1 Å². The monoisotopic (exact) mass is 470 g/mol. The number of nitrogens with zero attached hydrogens (tertiary/aromatic N) is 2. The zero-order valence-electron chi connectivity index (χ0n) is 15.7. The standard InChI is InChI=1S/C18H23BrClF3N2O2/c1-5-25(4)11-24-15-10-12(2)14(9-13(15)3)16(26)27-8-6-7-17(20,21)18(19,22)23/h9-11H,5-8H2,1-4H3/b24-11+. The third kappa shape index (κ3) is 6.99. The van der Waals surface area contributed by atoms with Crippen molar-refractivity contribution in [2.75, 3.05) is 20.2 Å². The Bertz CT molecular complexity index is 694. The van der Waals surface area contributed by atoms with Gasteiger partial charge in [0.25, 0.3) is 5.13 Å². The lowest BCUT2D eigenvalue weighted by Gasteiger charge is -2.22. The van der Waals surface area contributed by atoms with E-state index in [1.54, 1.807) is 25.4 Å².